The highest BCUT2D eigenvalue weighted by Crippen LogP contribution is 2.24. The van der Waals surface area contributed by atoms with Gasteiger partial charge in [-0.1, -0.05) is 0 Å². The van der Waals surface area contributed by atoms with Gasteiger partial charge in [-0.3, -0.25) is 9.36 Å². The van der Waals surface area contributed by atoms with E-state index >= 15 is 0 Å². The van der Waals surface area contributed by atoms with E-state index in [1.165, 1.54) is 10.9 Å². The molecule has 0 amide bonds. The summed E-state index contributed by atoms with van der Waals surface area (Å²) in [6.07, 6.45) is 3.26. The lowest BCUT2D eigenvalue weighted by Crippen LogP contribution is -1.96. The molecule has 0 atom stereocenters. The predicted molar refractivity (Wildman–Crippen MR) is 57.1 cm³/mol. The minimum atomic E-state index is -0.980. The van der Waals surface area contributed by atoms with Crippen LogP contribution >= 0.6 is 0 Å². The van der Waals surface area contributed by atoms with Crippen molar-refractivity contribution in [2.75, 3.05) is 0 Å². The molecule has 2 rings (SSSR count). The average Bonchev–Trinajstić information content (AvgIpc) is 2.69. The number of carbonyl (C=O) groups is 1. The first-order valence-corrected chi connectivity index (χ1v) is 4.76. The summed E-state index contributed by atoms with van der Waals surface area (Å²) < 4.78 is 3.14. The zero-order valence-electron chi connectivity index (χ0n) is 9.30. The van der Waals surface area contributed by atoms with E-state index in [0.29, 0.717) is 5.69 Å². The molecule has 2 aromatic rings. The molecule has 0 bridgehead atoms. The van der Waals surface area contributed by atoms with Gasteiger partial charge in [0.15, 0.2) is 0 Å². The number of aryl methyl sites for hydroxylation is 3. The molecule has 1 N–H and O–H groups in total. The van der Waals surface area contributed by atoms with E-state index in [2.05, 4.69) is 10.2 Å². The lowest BCUT2D eigenvalue weighted by atomic mass is 10.1. The fourth-order valence-electron chi connectivity index (χ4n) is 1.68. The molecule has 0 aliphatic rings. The Bertz CT molecular complexity index is 553. The van der Waals surface area contributed by atoms with Crippen LogP contribution in [0.2, 0.25) is 0 Å². The number of hydrogen-bond donors (Lipinski definition) is 1. The highest BCUT2D eigenvalue weighted by molar-refractivity contribution is 5.94. The number of aromatic carboxylic acids is 1. The van der Waals surface area contributed by atoms with Gasteiger partial charge in [0.25, 0.3) is 0 Å². The molecule has 2 heterocycles. The minimum absolute atomic E-state index is 0.193. The summed E-state index contributed by atoms with van der Waals surface area (Å²) in [5.41, 5.74) is 2.17. The fourth-order valence-corrected chi connectivity index (χ4v) is 1.68. The molecule has 0 aromatic carbocycles. The van der Waals surface area contributed by atoms with E-state index in [9.17, 15) is 4.79 Å². The van der Waals surface area contributed by atoms with Crippen LogP contribution in [0.5, 0.6) is 0 Å². The highest BCUT2D eigenvalue weighted by atomic mass is 16.4. The second-order valence-electron chi connectivity index (χ2n) is 3.67. The van der Waals surface area contributed by atoms with E-state index < -0.39 is 5.97 Å². The molecule has 6 heteroatoms. The van der Waals surface area contributed by atoms with Crippen molar-refractivity contribution in [3.63, 3.8) is 0 Å². The van der Waals surface area contributed by atoms with Crippen LogP contribution in [0.4, 0.5) is 0 Å². The van der Waals surface area contributed by atoms with Crippen molar-refractivity contribution in [3.05, 3.63) is 23.7 Å². The maximum absolute atomic E-state index is 11.0. The molecule has 0 aliphatic heterocycles. The Labute approximate surface area is 92.1 Å². The number of hydrogen-bond acceptors (Lipinski definition) is 3. The van der Waals surface area contributed by atoms with Gasteiger partial charge in [-0.15, -0.1) is 0 Å². The molecule has 16 heavy (non-hydrogen) atoms. The zero-order chi connectivity index (χ0) is 11.9. The topological polar surface area (TPSA) is 72.9 Å². The maximum Gasteiger partial charge on any atom is 0.339 e. The molecule has 0 aliphatic carbocycles. The summed E-state index contributed by atoms with van der Waals surface area (Å²) in [5.74, 6) is -0.980. The number of carboxylic acids is 1. The van der Waals surface area contributed by atoms with E-state index in [0.717, 1.165) is 11.3 Å². The Morgan fingerprint density at radius 1 is 1.25 bits per heavy atom. The van der Waals surface area contributed by atoms with Crippen molar-refractivity contribution in [1.82, 2.24) is 19.6 Å². The molecule has 6 nitrogen and oxygen atoms in total. The summed E-state index contributed by atoms with van der Waals surface area (Å²) in [5, 5.41) is 17.4. The van der Waals surface area contributed by atoms with Crippen molar-refractivity contribution >= 4 is 5.97 Å². The van der Waals surface area contributed by atoms with Gasteiger partial charge in [0, 0.05) is 32.1 Å². The molecular weight excluding hydrogens is 208 g/mol. The van der Waals surface area contributed by atoms with Gasteiger partial charge in [0.2, 0.25) is 0 Å². The van der Waals surface area contributed by atoms with Crippen molar-refractivity contribution in [2.45, 2.75) is 6.92 Å². The van der Waals surface area contributed by atoms with Crippen LogP contribution in [0.1, 0.15) is 16.1 Å². The van der Waals surface area contributed by atoms with Crippen molar-refractivity contribution < 1.29 is 9.90 Å². The molecule has 0 fully saturated rings. The number of rotatable bonds is 2. The molecule has 0 radical (unpaired) electrons. The maximum atomic E-state index is 11.0. The monoisotopic (exact) mass is 220 g/mol. The molecule has 0 saturated heterocycles. The largest absolute Gasteiger partial charge is 0.478 e. The Balaban J connectivity index is 2.63. The van der Waals surface area contributed by atoms with E-state index in [1.807, 2.05) is 6.92 Å². The second kappa shape index (κ2) is 3.48. The van der Waals surface area contributed by atoms with Crippen LogP contribution in [0.15, 0.2) is 12.4 Å². The SMILES string of the molecule is Cc1nn(C)cc1-c1nn(C)cc1C(=O)O. The standard InChI is InChI=1S/C10H12N4O2/c1-6-7(4-13(2)11-6)9-8(10(15)16)5-14(3)12-9/h4-5H,1-3H3,(H,15,16). The van der Waals surface area contributed by atoms with Crippen molar-refractivity contribution in [1.29, 1.82) is 0 Å². The molecule has 0 saturated carbocycles. The second-order valence-corrected chi connectivity index (χ2v) is 3.67. The Kier molecular flexibility index (Phi) is 2.26. The van der Waals surface area contributed by atoms with Crippen LogP contribution in [-0.2, 0) is 14.1 Å². The Hall–Kier alpha value is -2.11. The summed E-state index contributed by atoms with van der Waals surface area (Å²) in [7, 11) is 3.49. The van der Waals surface area contributed by atoms with Crippen molar-refractivity contribution in [2.24, 2.45) is 14.1 Å². The predicted octanol–water partition coefficient (Wildman–Crippen LogP) is 0.827. The van der Waals surface area contributed by atoms with Crippen LogP contribution in [0.25, 0.3) is 11.3 Å². The fraction of sp³-hybridized carbons (Fsp3) is 0.300. The van der Waals surface area contributed by atoms with E-state index in [-0.39, 0.29) is 5.56 Å². The number of carboxylic acid groups (broad SMARTS) is 1. The van der Waals surface area contributed by atoms with Crippen LogP contribution in [0.3, 0.4) is 0 Å². The van der Waals surface area contributed by atoms with Gasteiger partial charge in [-0.2, -0.15) is 10.2 Å². The minimum Gasteiger partial charge on any atom is -0.478 e. The summed E-state index contributed by atoms with van der Waals surface area (Å²) in [4.78, 5) is 11.0. The molecule has 2 aromatic heterocycles. The van der Waals surface area contributed by atoms with Crippen molar-refractivity contribution in [3.8, 4) is 11.3 Å². The van der Waals surface area contributed by atoms with Gasteiger partial charge in [-0.25, -0.2) is 4.79 Å². The quantitative estimate of drug-likeness (QED) is 0.813. The third-order valence-corrected chi connectivity index (χ3v) is 2.33. The Morgan fingerprint density at radius 2 is 1.88 bits per heavy atom. The van der Waals surface area contributed by atoms with Crippen LogP contribution in [-0.4, -0.2) is 30.6 Å². The highest BCUT2D eigenvalue weighted by Gasteiger charge is 2.19. The lowest BCUT2D eigenvalue weighted by molar-refractivity contribution is 0.0697. The van der Waals surface area contributed by atoms with Gasteiger partial charge in [0.05, 0.1) is 5.69 Å². The number of aromatic nitrogens is 4. The molecular formula is C10H12N4O2. The summed E-state index contributed by atoms with van der Waals surface area (Å²) in [6, 6.07) is 0. The third kappa shape index (κ3) is 1.58. The molecule has 0 unspecified atom stereocenters. The van der Waals surface area contributed by atoms with Crippen LogP contribution in [0, 0.1) is 6.92 Å². The van der Waals surface area contributed by atoms with Gasteiger partial charge in [0.1, 0.15) is 11.3 Å². The summed E-state index contributed by atoms with van der Waals surface area (Å²) in [6.45, 7) is 1.83. The number of nitrogens with zero attached hydrogens (tertiary/aromatic N) is 4. The van der Waals surface area contributed by atoms with E-state index in [4.69, 9.17) is 5.11 Å². The first-order chi connectivity index (χ1) is 7.49. The van der Waals surface area contributed by atoms with E-state index in [1.54, 1.807) is 25.0 Å². The molecule has 0 spiro atoms. The first kappa shape index (κ1) is 10.4. The van der Waals surface area contributed by atoms with Gasteiger partial charge in [-0.05, 0) is 6.92 Å². The van der Waals surface area contributed by atoms with Gasteiger partial charge >= 0.3 is 5.97 Å². The average molecular weight is 220 g/mol. The van der Waals surface area contributed by atoms with Gasteiger partial charge < -0.3 is 5.11 Å². The zero-order valence-corrected chi connectivity index (χ0v) is 9.30. The molecule has 84 valence electrons. The summed E-state index contributed by atoms with van der Waals surface area (Å²) >= 11 is 0. The van der Waals surface area contributed by atoms with Crippen LogP contribution < -0.4 is 0 Å². The normalized spacial score (nSPS) is 10.7. The first-order valence-electron chi connectivity index (χ1n) is 4.76. The third-order valence-electron chi connectivity index (χ3n) is 2.33. The Morgan fingerprint density at radius 3 is 2.38 bits per heavy atom. The smallest absolute Gasteiger partial charge is 0.339 e. The lowest BCUT2D eigenvalue weighted by Gasteiger charge is -1.94.